The number of phosphoric acid groups is 3. The van der Waals surface area contributed by atoms with E-state index >= 15 is 0 Å². The molecule has 21 heavy (non-hydrogen) atoms. The van der Waals surface area contributed by atoms with Crippen molar-refractivity contribution in [1.29, 1.82) is 0 Å². The molecule has 0 saturated carbocycles. The average molecular weight is 364 g/mol. The minimum Gasteiger partial charge on any atom is -0.302 e. The van der Waals surface area contributed by atoms with Crippen molar-refractivity contribution in [2.24, 2.45) is 5.92 Å². The van der Waals surface area contributed by atoms with Gasteiger partial charge < -0.3 is 19.6 Å². The predicted octanol–water partition coefficient (Wildman–Crippen LogP) is 1.85. The first kappa shape index (κ1) is 18.9. The van der Waals surface area contributed by atoms with Gasteiger partial charge >= 0.3 is 23.5 Å². The van der Waals surface area contributed by atoms with Gasteiger partial charge in [0.1, 0.15) is 5.60 Å². The lowest BCUT2D eigenvalue weighted by Crippen LogP contribution is -2.33. The Kier molecular flexibility index (Phi) is 5.57. The third-order valence-corrected chi connectivity index (χ3v) is 6.52. The Balaban J connectivity index is 2.85. The van der Waals surface area contributed by atoms with Crippen molar-refractivity contribution in [2.45, 2.75) is 19.4 Å². The fourth-order valence-electron chi connectivity index (χ4n) is 1.48. The summed E-state index contributed by atoms with van der Waals surface area (Å²) in [6.07, 6.45) is 6.29. The zero-order valence-electron chi connectivity index (χ0n) is 11.0. The molecule has 122 valence electrons. The molecule has 4 N–H and O–H groups in total. The van der Waals surface area contributed by atoms with Gasteiger partial charge in [-0.2, -0.15) is 8.62 Å². The highest BCUT2D eigenvalue weighted by Gasteiger charge is 2.45. The van der Waals surface area contributed by atoms with Crippen molar-refractivity contribution in [3.8, 4) is 0 Å². The summed E-state index contributed by atoms with van der Waals surface area (Å²) < 4.78 is 45.5. The van der Waals surface area contributed by atoms with Gasteiger partial charge in [0.25, 0.3) is 0 Å². The van der Waals surface area contributed by atoms with Crippen LogP contribution in [0.1, 0.15) is 13.8 Å². The largest absolute Gasteiger partial charge is 0.490 e. The highest BCUT2D eigenvalue weighted by molar-refractivity contribution is 7.66. The van der Waals surface area contributed by atoms with E-state index in [1.165, 1.54) is 19.1 Å². The molecule has 0 radical (unpaired) electrons. The lowest BCUT2D eigenvalue weighted by atomic mass is 9.87. The molecular weight excluding hydrogens is 349 g/mol. The van der Waals surface area contributed by atoms with Crippen LogP contribution in [0, 0.1) is 5.92 Å². The van der Waals surface area contributed by atoms with E-state index in [1.807, 2.05) is 0 Å². The third kappa shape index (κ3) is 6.26. The molecule has 4 atom stereocenters. The second-order valence-electron chi connectivity index (χ2n) is 4.40. The van der Waals surface area contributed by atoms with Crippen LogP contribution in [0.25, 0.3) is 0 Å². The van der Waals surface area contributed by atoms with Crippen molar-refractivity contribution < 1.29 is 46.4 Å². The lowest BCUT2D eigenvalue weighted by Gasteiger charge is -2.33. The Bertz CT molecular complexity index is 591. The molecule has 0 amide bonds. The second kappa shape index (κ2) is 6.18. The summed E-state index contributed by atoms with van der Waals surface area (Å²) in [5, 5.41) is 0. The molecule has 0 aromatic carbocycles. The minimum absolute atomic E-state index is 0.368. The molecule has 0 aromatic heterocycles. The van der Waals surface area contributed by atoms with Gasteiger partial charge in [0.15, 0.2) is 0 Å². The number of rotatable bonds is 6. The van der Waals surface area contributed by atoms with E-state index in [9.17, 15) is 18.6 Å². The van der Waals surface area contributed by atoms with E-state index < -0.39 is 29.1 Å². The first-order valence-electron chi connectivity index (χ1n) is 5.45. The highest BCUT2D eigenvalue weighted by Crippen LogP contribution is 2.67. The Hall–Kier alpha value is -0.110. The van der Waals surface area contributed by atoms with Crippen LogP contribution in [0.2, 0.25) is 0 Å². The summed E-state index contributed by atoms with van der Waals surface area (Å²) in [6.45, 7) is 3.08. The van der Waals surface area contributed by atoms with Crippen molar-refractivity contribution in [2.75, 3.05) is 0 Å². The van der Waals surface area contributed by atoms with Crippen molar-refractivity contribution in [1.82, 2.24) is 0 Å². The Morgan fingerprint density at radius 2 is 1.57 bits per heavy atom. The average Bonchev–Trinajstić information content (AvgIpc) is 2.15. The molecule has 0 heterocycles. The van der Waals surface area contributed by atoms with Gasteiger partial charge in [-0.1, -0.05) is 31.2 Å². The van der Waals surface area contributed by atoms with Crippen LogP contribution < -0.4 is 0 Å². The molecule has 0 saturated heterocycles. The Labute approximate surface area is 120 Å². The normalized spacial score (nSPS) is 31.6. The first-order chi connectivity index (χ1) is 9.25. The molecule has 0 spiro atoms. The van der Waals surface area contributed by atoms with E-state index in [4.69, 9.17) is 19.2 Å². The van der Waals surface area contributed by atoms with E-state index in [1.54, 1.807) is 19.1 Å². The van der Waals surface area contributed by atoms with Crippen molar-refractivity contribution in [3.05, 3.63) is 24.3 Å². The predicted molar refractivity (Wildman–Crippen MR) is 70.8 cm³/mol. The molecule has 10 nitrogen and oxygen atoms in total. The fraction of sp³-hybridized carbons (Fsp3) is 0.500. The van der Waals surface area contributed by atoms with E-state index in [0.29, 0.717) is 0 Å². The molecule has 0 aliphatic heterocycles. The van der Waals surface area contributed by atoms with Gasteiger partial charge in [-0.25, -0.2) is 13.7 Å². The minimum atomic E-state index is -5.50. The monoisotopic (exact) mass is 364 g/mol. The Morgan fingerprint density at radius 1 is 1.00 bits per heavy atom. The quantitative estimate of drug-likeness (QED) is 0.512. The van der Waals surface area contributed by atoms with E-state index in [0.717, 1.165) is 0 Å². The zero-order chi connectivity index (χ0) is 16.5. The molecule has 1 aliphatic carbocycles. The number of phosphoric ester groups is 1. The molecule has 0 aromatic rings. The van der Waals surface area contributed by atoms with E-state index in [-0.39, 0.29) is 5.92 Å². The second-order valence-corrected chi connectivity index (χ2v) is 8.74. The van der Waals surface area contributed by atoms with Crippen LogP contribution in [0.5, 0.6) is 0 Å². The van der Waals surface area contributed by atoms with Crippen LogP contribution in [-0.4, -0.2) is 25.2 Å². The van der Waals surface area contributed by atoms with Crippen molar-refractivity contribution >= 4 is 23.5 Å². The summed E-state index contributed by atoms with van der Waals surface area (Å²) in [7, 11) is -16.0. The van der Waals surface area contributed by atoms with Crippen LogP contribution >= 0.6 is 23.5 Å². The van der Waals surface area contributed by atoms with Crippen LogP contribution in [0.4, 0.5) is 0 Å². The van der Waals surface area contributed by atoms with Crippen LogP contribution in [-0.2, 0) is 26.8 Å². The molecule has 13 heteroatoms. The van der Waals surface area contributed by atoms with Crippen LogP contribution in [0.3, 0.4) is 0 Å². The summed E-state index contributed by atoms with van der Waals surface area (Å²) >= 11 is 0. The molecule has 4 unspecified atom stereocenters. The molecular formula is C8H15O10P3. The summed E-state index contributed by atoms with van der Waals surface area (Å²) in [5.41, 5.74) is -1.32. The third-order valence-electron chi connectivity index (χ3n) is 2.57. The summed E-state index contributed by atoms with van der Waals surface area (Å²) in [5.74, 6) is -0.368. The SMILES string of the molecule is CC1C=CC=CC1(C)OP(=O)(O)OP(=O)(O)OP(=O)(O)O. The van der Waals surface area contributed by atoms with Gasteiger partial charge in [-0.3, -0.25) is 4.52 Å². The van der Waals surface area contributed by atoms with Gasteiger partial charge in [-0.05, 0) is 6.92 Å². The van der Waals surface area contributed by atoms with Gasteiger partial charge in [0.2, 0.25) is 0 Å². The smallest absolute Gasteiger partial charge is 0.302 e. The van der Waals surface area contributed by atoms with Gasteiger partial charge in [-0.15, -0.1) is 0 Å². The highest BCUT2D eigenvalue weighted by atomic mass is 31.3. The number of hydrogen-bond acceptors (Lipinski definition) is 6. The summed E-state index contributed by atoms with van der Waals surface area (Å²) in [6, 6.07) is 0. The standard InChI is InChI=1S/C8H15O10P3/c1-7-5-3-4-6-8(7,2)16-20(12,13)18-21(14,15)17-19(9,10)11/h3-7H,1-2H3,(H,12,13)(H,14,15)(H2,9,10,11). The molecule has 1 aliphatic rings. The Morgan fingerprint density at radius 3 is 2.05 bits per heavy atom. The topological polar surface area (TPSA) is 160 Å². The number of allylic oxidation sites excluding steroid dienone is 2. The van der Waals surface area contributed by atoms with E-state index in [2.05, 4.69) is 8.62 Å². The molecule has 0 fully saturated rings. The molecule has 1 rings (SSSR count). The zero-order valence-corrected chi connectivity index (χ0v) is 13.7. The maximum absolute atomic E-state index is 11.7. The maximum Gasteiger partial charge on any atom is 0.490 e. The van der Waals surface area contributed by atoms with Crippen molar-refractivity contribution in [3.63, 3.8) is 0 Å². The number of hydrogen-bond donors (Lipinski definition) is 4. The fourth-order valence-corrected chi connectivity index (χ4v) is 4.84. The van der Waals surface area contributed by atoms with Crippen LogP contribution in [0.15, 0.2) is 24.3 Å². The van der Waals surface area contributed by atoms with Gasteiger partial charge in [0.05, 0.1) is 0 Å². The summed E-state index contributed by atoms with van der Waals surface area (Å²) in [4.78, 5) is 35.3. The first-order valence-corrected chi connectivity index (χ1v) is 9.97. The maximum atomic E-state index is 11.7. The lowest BCUT2D eigenvalue weighted by molar-refractivity contribution is 0.0583. The van der Waals surface area contributed by atoms with Gasteiger partial charge in [0, 0.05) is 5.92 Å². The molecule has 0 bridgehead atoms.